The van der Waals surface area contributed by atoms with E-state index in [4.69, 9.17) is 0 Å². The molecule has 0 unspecified atom stereocenters. The fraction of sp³-hybridized carbons (Fsp3) is 0.625. The normalized spacial score (nSPS) is 20.5. The monoisotopic (exact) mass is 216 g/mol. The molecule has 2 aliphatic rings. The summed E-state index contributed by atoms with van der Waals surface area (Å²) in [5.74, 6) is 0.871. The van der Waals surface area contributed by atoms with Crippen LogP contribution in [0.1, 0.15) is 69.3 Å². The molecule has 0 N–H and O–H groups in total. The summed E-state index contributed by atoms with van der Waals surface area (Å²) in [6.07, 6.45) is 13.2. The van der Waals surface area contributed by atoms with Crippen LogP contribution in [0.5, 0.6) is 0 Å². The molecule has 0 bridgehead atoms. The summed E-state index contributed by atoms with van der Waals surface area (Å²) in [5.41, 5.74) is 1.55. The number of hydrogen-bond acceptors (Lipinski definition) is 0. The highest BCUT2D eigenvalue weighted by Gasteiger charge is 2.15. The Morgan fingerprint density at radius 3 is 1.62 bits per heavy atom. The Kier molecular flexibility index (Phi) is 4.92. The molecular weight excluding hydrogens is 192 g/mol. The van der Waals surface area contributed by atoms with Gasteiger partial charge in [0.2, 0.25) is 0 Å². The average molecular weight is 216 g/mol. The summed E-state index contributed by atoms with van der Waals surface area (Å²) in [4.78, 5) is 0. The van der Waals surface area contributed by atoms with Gasteiger partial charge >= 0.3 is 0 Å². The zero-order valence-corrected chi connectivity index (χ0v) is 10.3. The first kappa shape index (κ1) is 11.7. The molecule has 0 amide bonds. The van der Waals surface area contributed by atoms with Crippen LogP contribution in [0.4, 0.5) is 0 Å². The molecule has 0 heterocycles. The van der Waals surface area contributed by atoms with Gasteiger partial charge in [0.25, 0.3) is 0 Å². The standard InChI is InChI=1S/C11H14.C5H10/c1-2-6-10(7-3-1)11-8-4-5-9-11;1-2-4-5-3-1/h1-3,6-7,11H,4-5,8-9H2;1-5H2. The lowest BCUT2D eigenvalue weighted by Gasteiger charge is -2.07. The van der Waals surface area contributed by atoms with E-state index in [0.29, 0.717) is 0 Å². The minimum Gasteiger partial charge on any atom is -0.0622 e. The fourth-order valence-corrected chi connectivity index (χ4v) is 2.87. The maximum atomic E-state index is 2.26. The van der Waals surface area contributed by atoms with Gasteiger partial charge in [0.15, 0.2) is 0 Å². The molecule has 0 saturated heterocycles. The van der Waals surface area contributed by atoms with Gasteiger partial charge in [0.05, 0.1) is 0 Å². The van der Waals surface area contributed by atoms with Gasteiger partial charge in [-0.25, -0.2) is 0 Å². The Labute approximate surface area is 100 Å². The Morgan fingerprint density at radius 1 is 0.625 bits per heavy atom. The van der Waals surface area contributed by atoms with E-state index in [1.807, 2.05) is 0 Å². The third kappa shape index (κ3) is 3.66. The van der Waals surface area contributed by atoms with Crippen molar-refractivity contribution < 1.29 is 0 Å². The predicted octanol–water partition coefficient (Wildman–Crippen LogP) is 5.29. The Hall–Kier alpha value is -0.780. The van der Waals surface area contributed by atoms with Crippen LogP contribution >= 0.6 is 0 Å². The summed E-state index contributed by atoms with van der Waals surface area (Å²) in [7, 11) is 0. The molecule has 0 spiro atoms. The second-order valence-corrected chi connectivity index (χ2v) is 5.16. The molecule has 2 saturated carbocycles. The summed E-state index contributed by atoms with van der Waals surface area (Å²) < 4.78 is 0. The highest BCUT2D eigenvalue weighted by Crippen LogP contribution is 2.33. The molecule has 3 rings (SSSR count). The van der Waals surface area contributed by atoms with Crippen molar-refractivity contribution in [1.82, 2.24) is 0 Å². The van der Waals surface area contributed by atoms with E-state index in [1.165, 1.54) is 57.8 Å². The van der Waals surface area contributed by atoms with Gasteiger partial charge in [-0.05, 0) is 24.3 Å². The summed E-state index contributed by atoms with van der Waals surface area (Å²) in [6, 6.07) is 10.9. The highest BCUT2D eigenvalue weighted by molar-refractivity contribution is 5.19. The largest absolute Gasteiger partial charge is 0.0622 e. The van der Waals surface area contributed by atoms with Crippen molar-refractivity contribution in [1.29, 1.82) is 0 Å². The SMILES string of the molecule is C1CCCC1.c1ccc(C2CCCC2)cc1. The van der Waals surface area contributed by atoms with Gasteiger partial charge in [-0.1, -0.05) is 75.3 Å². The second-order valence-electron chi connectivity index (χ2n) is 5.16. The molecule has 0 nitrogen and oxygen atoms in total. The zero-order valence-electron chi connectivity index (χ0n) is 10.3. The topological polar surface area (TPSA) is 0 Å². The van der Waals surface area contributed by atoms with Gasteiger partial charge in [-0.2, -0.15) is 0 Å². The van der Waals surface area contributed by atoms with Crippen LogP contribution in [0.3, 0.4) is 0 Å². The van der Waals surface area contributed by atoms with Crippen molar-refractivity contribution in [2.24, 2.45) is 0 Å². The maximum Gasteiger partial charge on any atom is -0.0162 e. The molecule has 88 valence electrons. The molecule has 1 aromatic rings. The van der Waals surface area contributed by atoms with Crippen LogP contribution in [0.25, 0.3) is 0 Å². The first-order valence-corrected chi connectivity index (χ1v) is 7.02. The Bertz CT molecular complexity index is 258. The van der Waals surface area contributed by atoms with Gasteiger partial charge in [0.1, 0.15) is 0 Å². The summed E-state index contributed by atoms with van der Waals surface area (Å²) in [5, 5.41) is 0. The van der Waals surface area contributed by atoms with E-state index in [0.717, 1.165) is 5.92 Å². The van der Waals surface area contributed by atoms with Crippen molar-refractivity contribution in [3.8, 4) is 0 Å². The van der Waals surface area contributed by atoms with Crippen molar-refractivity contribution in [2.75, 3.05) is 0 Å². The lowest BCUT2D eigenvalue weighted by atomic mass is 9.98. The molecule has 16 heavy (non-hydrogen) atoms. The van der Waals surface area contributed by atoms with E-state index >= 15 is 0 Å². The van der Waals surface area contributed by atoms with Gasteiger partial charge in [-0.3, -0.25) is 0 Å². The van der Waals surface area contributed by atoms with Crippen LogP contribution in [-0.4, -0.2) is 0 Å². The van der Waals surface area contributed by atoms with E-state index in [1.54, 1.807) is 5.56 Å². The van der Waals surface area contributed by atoms with Crippen LogP contribution in [0.15, 0.2) is 30.3 Å². The van der Waals surface area contributed by atoms with Gasteiger partial charge in [0, 0.05) is 0 Å². The molecule has 0 aliphatic heterocycles. The Balaban J connectivity index is 0.000000162. The van der Waals surface area contributed by atoms with Crippen LogP contribution in [0, 0.1) is 0 Å². The van der Waals surface area contributed by atoms with Crippen LogP contribution in [0.2, 0.25) is 0 Å². The minimum atomic E-state index is 0.871. The maximum absolute atomic E-state index is 2.26. The Morgan fingerprint density at radius 2 is 1.12 bits per heavy atom. The van der Waals surface area contributed by atoms with Gasteiger partial charge < -0.3 is 0 Å². The third-order valence-electron chi connectivity index (χ3n) is 3.88. The molecular formula is C16H24. The highest BCUT2D eigenvalue weighted by atomic mass is 14.2. The van der Waals surface area contributed by atoms with E-state index in [9.17, 15) is 0 Å². The molecule has 2 aliphatic carbocycles. The smallest absolute Gasteiger partial charge is 0.0162 e. The summed E-state index contributed by atoms with van der Waals surface area (Å²) >= 11 is 0. The third-order valence-corrected chi connectivity index (χ3v) is 3.88. The van der Waals surface area contributed by atoms with Crippen molar-refractivity contribution in [3.63, 3.8) is 0 Å². The predicted molar refractivity (Wildman–Crippen MR) is 70.7 cm³/mol. The fourth-order valence-electron chi connectivity index (χ4n) is 2.87. The molecule has 0 atom stereocenters. The quantitative estimate of drug-likeness (QED) is 0.598. The summed E-state index contributed by atoms with van der Waals surface area (Å²) in [6.45, 7) is 0. The molecule has 1 aromatic carbocycles. The van der Waals surface area contributed by atoms with Crippen LogP contribution in [-0.2, 0) is 0 Å². The molecule has 2 fully saturated rings. The van der Waals surface area contributed by atoms with Gasteiger partial charge in [-0.15, -0.1) is 0 Å². The van der Waals surface area contributed by atoms with Crippen molar-refractivity contribution in [2.45, 2.75) is 63.7 Å². The van der Waals surface area contributed by atoms with Crippen LogP contribution < -0.4 is 0 Å². The average Bonchev–Trinajstić information content (AvgIpc) is 3.07. The van der Waals surface area contributed by atoms with E-state index < -0.39 is 0 Å². The second kappa shape index (κ2) is 6.73. The lowest BCUT2D eigenvalue weighted by Crippen LogP contribution is -1.89. The molecule has 0 radical (unpaired) electrons. The van der Waals surface area contributed by atoms with E-state index in [2.05, 4.69) is 30.3 Å². The number of benzene rings is 1. The van der Waals surface area contributed by atoms with E-state index in [-0.39, 0.29) is 0 Å². The first-order chi connectivity index (χ1) is 7.97. The zero-order chi connectivity index (χ0) is 11.1. The van der Waals surface area contributed by atoms with Crippen molar-refractivity contribution >= 4 is 0 Å². The molecule has 0 aromatic heterocycles. The molecule has 0 heteroatoms. The number of rotatable bonds is 1. The minimum absolute atomic E-state index is 0.871. The first-order valence-electron chi connectivity index (χ1n) is 7.02. The van der Waals surface area contributed by atoms with Crippen molar-refractivity contribution in [3.05, 3.63) is 35.9 Å². The lowest BCUT2D eigenvalue weighted by molar-refractivity contribution is 0.723. The number of hydrogen-bond donors (Lipinski definition) is 0.